The number of oxime groups is 1. The third kappa shape index (κ3) is 4.52. The minimum atomic E-state index is -0.581. The molecule has 0 radical (unpaired) electrons. The van der Waals surface area contributed by atoms with E-state index in [-0.39, 0.29) is 11.9 Å². The number of likely N-dealkylation sites (tertiary alicyclic amines) is 1. The number of amides is 3. The summed E-state index contributed by atoms with van der Waals surface area (Å²) in [5, 5.41) is 7.27. The zero-order valence-electron chi connectivity index (χ0n) is 17.0. The number of hydrogen-bond acceptors (Lipinski definition) is 5. The summed E-state index contributed by atoms with van der Waals surface area (Å²) >= 11 is 0. The molecule has 8 heteroatoms. The quantitative estimate of drug-likeness (QED) is 0.842. The molecule has 1 atom stereocenters. The van der Waals surface area contributed by atoms with Crippen molar-refractivity contribution < 1.29 is 14.4 Å². The first kappa shape index (κ1) is 19.7. The van der Waals surface area contributed by atoms with Crippen LogP contribution in [0.5, 0.6) is 0 Å². The van der Waals surface area contributed by atoms with E-state index in [0.29, 0.717) is 37.8 Å². The lowest BCUT2D eigenvalue weighted by molar-refractivity contribution is -0.123. The fraction of sp³-hybridized carbons (Fsp3) is 0.619. The van der Waals surface area contributed by atoms with Gasteiger partial charge in [0.05, 0.1) is 18.8 Å². The Hall–Kier alpha value is -2.64. The summed E-state index contributed by atoms with van der Waals surface area (Å²) in [6, 6.07) is 5.91. The number of piperidine rings is 1. The van der Waals surface area contributed by atoms with Crippen LogP contribution in [-0.4, -0.2) is 64.2 Å². The van der Waals surface area contributed by atoms with Crippen molar-refractivity contribution in [2.45, 2.75) is 63.1 Å². The fourth-order valence-corrected chi connectivity index (χ4v) is 4.49. The maximum absolute atomic E-state index is 12.8. The molecule has 1 aliphatic carbocycles. The fourth-order valence-electron chi connectivity index (χ4n) is 4.49. The van der Waals surface area contributed by atoms with Gasteiger partial charge >= 0.3 is 6.03 Å². The zero-order valence-corrected chi connectivity index (χ0v) is 17.0. The number of urea groups is 1. The molecular formula is C21H29N5O3. The number of aromatic nitrogens is 1. The average Bonchev–Trinajstić information content (AvgIpc) is 3.38. The Balaban J connectivity index is 1.33. The van der Waals surface area contributed by atoms with E-state index in [4.69, 9.17) is 4.84 Å². The maximum Gasteiger partial charge on any atom is 0.317 e. The lowest BCUT2D eigenvalue weighted by atomic mass is 9.88. The first-order chi connectivity index (χ1) is 14.0. The Kier molecular flexibility index (Phi) is 5.69. The predicted octanol–water partition coefficient (Wildman–Crippen LogP) is 2.30. The van der Waals surface area contributed by atoms with E-state index in [9.17, 15) is 9.59 Å². The molecule has 4 rings (SSSR count). The number of rotatable bonds is 4. The first-order valence-electron chi connectivity index (χ1n) is 10.5. The molecule has 2 aliphatic heterocycles. The van der Waals surface area contributed by atoms with Gasteiger partial charge < -0.3 is 20.0 Å². The smallest absolute Gasteiger partial charge is 0.317 e. The molecule has 1 saturated carbocycles. The normalized spacial score (nSPS) is 24.3. The molecular weight excluding hydrogens is 370 g/mol. The summed E-state index contributed by atoms with van der Waals surface area (Å²) < 4.78 is 0. The third-order valence-electron chi connectivity index (χ3n) is 6.07. The lowest BCUT2D eigenvalue weighted by Crippen LogP contribution is -2.54. The standard InChI is InChI=1S/C21H29N5O3/c1-25(14-17-9-4-5-11-22-17)19(27)18-13-21(29-24-18)10-6-12-26(15-21)20(28)23-16-7-2-3-8-16/h4-5,9,11,16H,2-3,6-8,10,12-15H2,1H3,(H,23,28)/t21-/m1/s1. The molecule has 0 bridgehead atoms. The zero-order chi connectivity index (χ0) is 20.3. The van der Waals surface area contributed by atoms with Crippen LogP contribution in [0.25, 0.3) is 0 Å². The van der Waals surface area contributed by atoms with Gasteiger partial charge in [0.1, 0.15) is 5.71 Å². The Bertz CT molecular complexity index is 778. The second-order valence-corrected chi connectivity index (χ2v) is 8.43. The van der Waals surface area contributed by atoms with Crippen molar-refractivity contribution >= 4 is 17.6 Å². The molecule has 2 fully saturated rings. The molecule has 1 aromatic rings. The molecule has 1 spiro atoms. The minimum Gasteiger partial charge on any atom is -0.386 e. The molecule has 0 unspecified atom stereocenters. The van der Waals surface area contributed by atoms with E-state index < -0.39 is 5.60 Å². The Morgan fingerprint density at radius 2 is 2.14 bits per heavy atom. The molecule has 3 amide bonds. The Morgan fingerprint density at radius 1 is 1.31 bits per heavy atom. The molecule has 0 aromatic carbocycles. The highest BCUT2D eigenvalue weighted by atomic mass is 16.7. The van der Waals surface area contributed by atoms with Crippen molar-refractivity contribution in [2.75, 3.05) is 20.1 Å². The van der Waals surface area contributed by atoms with Crippen molar-refractivity contribution in [3.05, 3.63) is 30.1 Å². The van der Waals surface area contributed by atoms with Gasteiger partial charge in [-0.05, 0) is 37.8 Å². The van der Waals surface area contributed by atoms with Crippen LogP contribution >= 0.6 is 0 Å². The molecule has 1 aromatic heterocycles. The minimum absolute atomic E-state index is 0.0216. The van der Waals surface area contributed by atoms with Crippen molar-refractivity contribution in [1.29, 1.82) is 0 Å². The third-order valence-corrected chi connectivity index (χ3v) is 6.07. The molecule has 1 N–H and O–H groups in total. The average molecular weight is 399 g/mol. The summed E-state index contributed by atoms with van der Waals surface area (Å²) in [4.78, 5) is 38.9. The topological polar surface area (TPSA) is 87.1 Å². The second kappa shape index (κ2) is 8.39. The maximum atomic E-state index is 12.8. The van der Waals surface area contributed by atoms with Crippen LogP contribution in [0, 0.1) is 0 Å². The Labute approximate surface area is 171 Å². The van der Waals surface area contributed by atoms with E-state index in [1.807, 2.05) is 23.1 Å². The van der Waals surface area contributed by atoms with Gasteiger partial charge in [-0.15, -0.1) is 0 Å². The van der Waals surface area contributed by atoms with Gasteiger partial charge in [-0.2, -0.15) is 0 Å². The van der Waals surface area contributed by atoms with Crippen LogP contribution < -0.4 is 5.32 Å². The van der Waals surface area contributed by atoms with Crippen LogP contribution in [0.3, 0.4) is 0 Å². The first-order valence-corrected chi connectivity index (χ1v) is 10.5. The van der Waals surface area contributed by atoms with Gasteiger partial charge in [-0.25, -0.2) is 4.79 Å². The van der Waals surface area contributed by atoms with Gasteiger partial charge in [-0.1, -0.05) is 24.1 Å². The largest absolute Gasteiger partial charge is 0.386 e. The van der Waals surface area contributed by atoms with Gasteiger partial charge in [0.25, 0.3) is 5.91 Å². The summed E-state index contributed by atoms with van der Waals surface area (Å²) in [5.74, 6) is -0.153. The predicted molar refractivity (Wildman–Crippen MR) is 108 cm³/mol. The molecule has 3 aliphatic rings. The highest BCUT2D eigenvalue weighted by Crippen LogP contribution is 2.34. The van der Waals surface area contributed by atoms with Crippen LogP contribution in [0.1, 0.15) is 50.6 Å². The number of carbonyl (C=O) groups excluding carboxylic acids is 2. The molecule has 156 valence electrons. The van der Waals surface area contributed by atoms with Crippen molar-refractivity contribution in [3.8, 4) is 0 Å². The van der Waals surface area contributed by atoms with Crippen LogP contribution in [0.4, 0.5) is 4.79 Å². The van der Waals surface area contributed by atoms with Crippen molar-refractivity contribution in [3.63, 3.8) is 0 Å². The molecule has 1 saturated heterocycles. The van der Waals surface area contributed by atoms with Crippen molar-refractivity contribution in [2.24, 2.45) is 5.16 Å². The highest BCUT2D eigenvalue weighted by Gasteiger charge is 2.46. The van der Waals surface area contributed by atoms with Gasteiger partial charge in [0.15, 0.2) is 5.60 Å². The van der Waals surface area contributed by atoms with E-state index >= 15 is 0 Å². The van der Waals surface area contributed by atoms with Gasteiger partial charge in [0.2, 0.25) is 0 Å². The van der Waals surface area contributed by atoms with E-state index in [1.165, 1.54) is 12.8 Å². The summed E-state index contributed by atoms with van der Waals surface area (Å²) in [7, 11) is 1.74. The lowest BCUT2D eigenvalue weighted by Gasteiger charge is -2.38. The Morgan fingerprint density at radius 3 is 2.90 bits per heavy atom. The summed E-state index contributed by atoms with van der Waals surface area (Å²) in [5.41, 5.74) is 0.661. The molecule has 8 nitrogen and oxygen atoms in total. The van der Waals surface area contributed by atoms with Gasteiger partial charge in [-0.3, -0.25) is 9.78 Å². The number of hydrogen-bond donors (Lipinski definition) is 1. The van der Waals surface area contributed by atoms with E-state index in [0.717, 1.165) is 31.4 Å². The van der Waals surface area contributed by atoms with Gasteiger partial charge in [0, 0.05) is 32.3 Å². The number of nitrogens with zero attached hydrogens (tertiary/aromatic N) is 4. The monoisotopic (exact) mass is 399 g/mol. The SMILES string of the molecule is CN(Cc1ccccn1)C(=O)C1=NO[C@]2(CCCN(C(=O)NC3CCCC3)C2)C1. The van der Waals surface area contributed by atoms with Crippen LogP contribution in [0.15, 0.2) is 29.6 Å². The van der Waals surface area contributed by atoms with Crippen LogP contribution in [0.2, 0.25) is 0 Å². The summed E-state index contributed by atoms with van der Waals surface area (Å²) in [6.45, 7) is 1.60. The van der Waals surface area contributed by atoms with Crippen molar-refractivity contribution in [1.82, 2.24) is 20.1 Å². The van der Waals surface area contributed by atoms with E-state index in [2.05, 4.69) is 15.5 Å². The summed E-state index contributed by atoms with van der Waals surface area (Å²) in [6.07, 6.45) is 8.28. The molecule has 29 heavy (non-hydrogen) atoms. The highest BCUT2D eigenvalue weighted by molar-refractivity contribution is 6.39. The number of carbonyl (C=O) groups is 2. The number of nitrogens with one attached hydrogen (secondary N) is 1. The second-order valence-electron chi connectivity index (χ2n) is 8.43. The molecule has 3 heterocycles. The van der Waals surface area contributed by atoms with Crippen LogP contribution in [-0.2, 0) is 16.2 Å². The van der Waals surface area contributed by atoms with E-state index in [1.54, 1.807) is 18.1 Å². The number of pyridine rings is 1.